The molecule has 4 rings (SSSR count). The van der Waals surface area contributed by atoms with Crippen LogP contribution in [0, 0.1) is 0 Å². The van der Waals surface area contributed by atoms with Gasteiger partial charge in [-0.25, -0.2) is 0 Å². The zero-order chi connectivity index (χ0) is 18.5. The van der Waals surface area contributed by atoms with Crippen LogP contribution in [0.25, 0.3) is 22.3 Å². The summed E-state index contributed by atoms with van der Waals surface area (Å²) < 4.78 is 0. The molecule has 132 valence electrons. The van der Waals surface area contributed by atoms with E-state index in [0.29, 0.717) is 0 Å². The number of benzene rings is 4. The van der Waals surface area contributed by atoms with Gasteiger partial charge in [0.1, 0.15) is 6.79 Å². The predicted molar refractivity (Wildman–Crippen MR) is 117 cm³/mol. The Morgan fingerprint density at radius 3 is 0.630 bits per heavy atom. The molecule has 4 radical (unpaired) electrons. The Kier molecular flexibility index (Phi) is 11.4. The molecular weight excluding hydrogens is 523 g/mol. The number of rotatable bonds is 2. The van der Waals surface area contributed by atoms with E-state index in [1.807, 2.05) is 31.1 Å². The summed E-state index contributed by atoms with van der Waals surface area (Å²) in [6.45, 7) is 2.00. The molecule has 27 heavy (non-hydrogen) atoms. The average molecular weight is 546 g/mol. The number of carbonyl (C=O) groups is 1. The van der Waals surface area contributed by atoms with E-state index in [-0.39, 0.29) is 27.3 Å². The Bertz CT molecular complexity index is 698. The predicted octanol–water partition coefficient (Wildman–Crippen LogP) is 6.14. The van der Waals surface area contributed by atoms with E-state index in [0.717, 1.165) is 0 Å². The fourth-order valence-corrected chi connectivity index (χ4v) is 2.52. The summed E-state index contributed by atoms with van der Waals surface area (Å²) >= 11 is 0. The van der Waals surface area contributed by atoms with Crippen molar-refractivity contribution >= 4 is 34.1 Å². The van der Waals surface area contributed by atoms with Crippen molar-refractivity contribution in [3.8, 4) is 22.3 Å². The van der Waals surface area contributed by atoms with Crippen LogP contribution in [0.15, 0.2) is 121 Å². The third kappa shape index (κ3) is 7.71. The third-order valence-electron chi connectivity index (χ3n) is 3.76. The molecule has 0 heterocycles. The fraction of sp³-hybridized carbons (Fsp3) is 0. The molecule has 0 spiro atoms. The minimum absolute atomic E-state index is 0. The molecule has 4 aromatic rings. The summed E-state index contributed by atoms with van der Waals surface area (Å²) in [5.74, 6) is 0. The maximum Gasteiger partial charge on any atom is 0.106 e. The molecule has 0 atom stereocenters. The minimum Gasteiger partial charge on any atom is -0.307 e. The van der Waals surface area contributed by atoms with Gasteiger partial charge in [0, 0.05) is 27.3 Å². The normalized spacial score (nSPS) is 8.74. The Morgan fingerprint density at radius 1 is 0.333 bits per heavy atom. The molecule has 0 saturated carbocycles. The van der Waals surface area contributed by atoms with Crippen molar-refractivity contribution in [2.75, 3.05) is 0 Å². The van der Waals surface area contributed by atoms with Crippen LogP contribution < -0.4 is 0 Å². The van der Waals surface area contributed by atoms with Crippen LogP contribution in [0.3, 0.4) is 0 Å². The first-order chi connectivity index (χ1) is 12.9. The van der Waals surface area contributed by atoms with E-state index in [9.17, 15) is 0 Å². The van der Waals surface area contributed by atoms with E-state index < -0.39 is 0 Å². The molecule has 0 saturated heterocycles. The standard InChI is InChI=1S/2C12H10.CH2O.Pb/c2*1-3-7-11(8-4-1)12-9-5-2-6-10-12;1-2;/h2*1-10H;1H2;. The Labute approximate surface area is 181 Å². The molecule has 0 aliphatic rings. The van der Waals surface area contributed by atoms with Crippen LogP contribution in [0.5, 0.6) is 0 Å². The third-order valence-corrected chi connectivity index (χ3v) is 3.76. The molecular formula is C25H22OPb. The molecule has 0 aliphatic heterocycles. The van der Waals surface area contributed by atoms with Crippen LogP contribution in [0.4, 0.5) is 0 Å². The van der Waals surface area contributed by atoms with Crippen molar-refractivity contribution in [3.63, 3.8) is 0 Å². The monoisotopic (exact) mass is 546 g/mol. The topological polar surface area (TPSA) is 17.1 Å². The quantitative estimate of drug-likeness (QED) is 0.277. The van der Waals surface area contributed by atoms with Crippen molar-refractivity contribution < 1.29 is 4.79 Å². The smallest absolute Gasteiger partial charge is 0.106 e. The second-order valence-electron chi connectivity index (χ2n) is 5.46. The Balaban J connectivity index is 0.000000239. The van der Waals surface area contributed by atoms with Gasteiger partial charge in [-0.15, -0.1) is 0 Å². The summed E-state index contributed by atoms with van der Waals surface area (Å²) in [5.41, 5.74) is 5.10. The van der Waals surface area contributed by atoms with Gasteiger partial charge >= 0.3 is 0 Å². The molecule has 0 aromatic heterocycles. The van der Waals surface area contributed by atoms with Crippen molar-refractivity contribution in [1.82, 2.24) is 0 Å². The first-order valence-electron chi connectivity index (χ1n) is 8.43. The molecule has 0 unspecified atom stereocenters. The van der Waals surface area contributed by atoms with Gasteiger partial charge in [-0.1, -0.05) is 121 Å². The fourth-order valence-electron chi connectivity index (χ4n) is 2.52. The second kappa shape index (κ2) is 13.6. The van der Waals surface area contributed by atoms with Gasteiger partial charge in [0.15, 0.2) is 0 Å². The zero-order valence-electron chi connectivity index (χ0n) is 15.2. The van der Waals surface area contributed by atoms with Crippen molar-refractivity contribution in [3.05, 3.63) is 121 Å². The average Bonchev–Trinajstić information content (AvgIpc) is 2.78. The first kappa shape index (κ1) is 22.5. The number of carbonyl (C=O) groups excluding carboxylic acids is 1. The van der Waals surface area contributed by atoms with Crippen LogP contribution in [0.2, 0.25) is 0 Å². The zero-order valence-corrected chi connectivity index (χ0v) is 19.0. The minimum atomic E-state index is 0. The number of hydrogen-bond acceptors (Lipinski definition) is 1. The summed E-state index contributed by atoms with van der Waals surface area (Å²) in [4.78, 5) is 8.00. The van der Waals surface area contributed by atoms with E-state index in [4.69, 9.17) is 4.79 Å². The van der Waals surface area contributed by atoms with Crippen LogP contribution in [0.1, 0.15) is 0 Å². The summed E-state index contributed by atoms with van der Waals surface area (Å²) in [6.07, 6.45) is 0. The molecule has 1 nitrogen and oxygen atoms in total. The molecule has 0 aliphatic carbocycles. The van der Waals surface area contributed by atoms with Gasteiger partial charge in [-0.2, -0.15) is 0 Å². The van der Waals surface area contributed by atoms with E-state index in [2.05, 4.69) is 97.1 Å². The molecule has 0 fully saturated rings. The molecule has 0 bridgehead atoms. The molecule has 2 heteroatoms. The van der Waals surface area contributed by atoms with Gasteiger partial charge in [-0.05, 0) is 22.3 Å². The van der Waals surface area contributed by atoms with Crippen LogP contribution in [-0.2, 0) is 4.79 Å². The SMILES string of the molecule is C=O.[Pb].c1ccc(-c2ccccc2)cc1.c1ccc(-c2ccccc2)cc1. The van der Waals surface area contributed by atoms with Crippen LogP contribution >= 0.6 is 0 Å². The summed E-state index contributed by atoms with van der Waals surface area (Å²) in [7, 11) is 0. The Morgan fingerprint density at radius 2 is 0.481 bits per heavy atom. The van der Waals surface area contributed by atoms with Gasteiger partial charge < -0.3 is 4.79 Å². The van der Waals surface area contributed by atoms with Gasteiger partial charge in [0.25, 0.3) is 0 Å². The van der Waals surface area contributed by atoms with E-state index in [1.165, 1.54) is 22.3 Å². The van der Waals surface area contributed by atoms with Gasteiger partial charge in [0.05, 0.1) is 0 Å². The van der Waals surface area contributed by atoms with E-state index >= 15 is 0 Å². The maximum atomic E-state index is 8.00. The summed E-state index contributed by atoms with van der Waals surface area (Å²) in [5, 5.41) is 0. The molecule has 0 amide bonds. The second-order valence-corrected chi connectivity index (χ2v) is 5.46. The van der Waals surface area contributed by atoms with Crippen molar-refractivity contribution in [2.45, 2.75) is 0 Å². The molecule has 4 aromatic carbocycles. The molecule has 0 N–H and O–H groups in total. The van der Waals surface area contributed by atoms with Gasteiger partial charge in [0.2, 0.25) is 0 Å². The summed E-state index contributed by atoms with van der Waals surface area (Å²) in [6, 6.07) is 41.6. The van der Waals surface area contributed by atoms with Crippen molar-refractivity contribution in [2.24, 2.45) is 0 Å². The maximum absolute atomic E-state index is 8.00. The van der Waals surface area contributed by atoms with E-state index in [1.54, 1.807) is 0 Å². The largest absolute Gasteiger partial charge is 0.307 e. The van der Waals surface area contributed by atoms with Gasteiger partial charge in [-0.3, -0.25) is 0 Å². The Hall–Kier alpha value is -2.53. The van der Waals surface area contributed by atoms with Crippen LogP contribution in [-0.4, -0.2) is 34.1 Å². The first-order valence-corrected chi connectivity index (χ1v) is 8.43. The van der Waals surface area contributed by atoms with Crippen molar-refractivity contribution in [1.29, 1.82) is 0 Å². The number of hydrogen-bond donors (Lipinski definition) is 0.